The van der Waals surface area contributed by atoms with Crippen LogP contribution in [0.3, 0.4) is 0 Å². The van der Waals surface area contributed by atoms with E-state index in [1.54, 1.807) is 25.6 Å². The van der Waals surface area contributed by atoms with E-state index in [1.807, 2.05) is 24.3 Å². The predicted octanol–water partition coefficient (Wildman–Crippen LogP) is 2.72. The van der Waals surface area contributed by atoms with Crippen LogP contribution in [0.2, 0.25) is 0 Å². The zero-order chi connectivity index (χ0) is 12.3. The van der Waals surface area contributed by atoms with Crippen LogP contribution in [-0.2, 0) is 5.75 Å². The Balaban J connectivity index is 1.95. The molecule has 0 aliphatic rings. The molecule has 0 aliphatic heterocycles. The Kier molecular flexibility index (Phi) is 3.81. The van der Waals surface area contributed by atoms with Crippen molar-refractivity contribution in [2.45, 2.75) is 30.6 Å². The Labute approximate surface area is 104 Å². The first-order valence-electron chi connectivity index (χ1n) is 5.35. The van der Waals surface area contributed by atoms with Crippen LogP contribution in [0.1, 0.15) is 30.3 Å². The highest BCUT2D eigenvalue weighted by Gasteiger charge is 2.04. The minimum atomic E-state index is -0.423. The third kappa shape index (κ3) is 3.31. The van der Waals surface area contributed by atoms with E-state index in [4.69, 9.17) is 4.52 Å². The molecular weight excluding hydrogens is 236 g/mol. The first-order valence-corrected chi connectivity index (χ1v) is 6.34. The summed E-state index contributed by atoms with van der Waals surface area (Å²) in [5.74, 6) is 1.95. The lowest BCUT2D eigenvalue weighted by Gasteiger charge is -2.05. The average molecular weight is 250 g/mol. The smallest absolute Gasteiger partial charge is 0.236 e. The summed E-state index contributed by atoms with van der Waals surface area (Å²) in [6.45, 7) is 3.55. The number of aromatic nitrogens is 2. The normalized spacial score (nSPS) is 12.6. The molecule has 1 unspecified atom stereocenters. The molecule has 1 N–H and O–H groups in total. The van der Waals surface area contributed by atoms with Crippen molar-refractivity contribution in [1.82, 2.24) is 10.1 Å². The van der Waals surface area contributed by atoms with Gasteiger partial charge < -0.3 is 9.63 Å². The van der Waals surface area contributed by atoms with Crippen molar-refractivity contribution in [1.29, 1.82) is 0 Å². The van der Waals surface area contributed by atoms with E-state index < -0.39 is 6.10 Å². The lowest BCUT2D eigenvalue weighted by Crippen LogP contribution is -1.89. The van der Waals surface area contributed by atoms with Crippen LogP contribution in [0.4, 0.5) is 0 Å². The zero-order valence-electron chi connectivity index (χ0n) is 9.75. The lowest BCUT2D eigenvalue weighted by molar-refractivity contribution is 0.199. The molecule has 1 heterocycles. The van der Waals surface area contributed by atoms with Crippen molar-refractivity contribution in [3.8, 4) is 0 Å². The van der Waals surface area contributed by atoms with Gasteiger partial charge in [0.05, 0.1) is 11.9 Å². The van der Waals surface area contributed by atoms with Gasteiger partial charge in [0, 0.05) is 4.90 Å². The van der Waals surface area contributed by atoms with E-state index >= 15 is 0 Å². The van der Waals surface area contributed by atoms with Crippen molar-refractivity contribution in [2.75, 3.05) is 0 Å². The van der Waals surface area contributed by atoms with E-state index in [1.165, 1.54) is 0 Å². The maximum atomic E-state index is 9.39. The van der Waals surface area contributed by atoms with Gasteiger partial charge in [-0.05, 0) is 31.5 Å². The SMILES string of the molecule is Cc1noc(CSc2ccc(C(C)O)cc2)n1. The summed E-state index contributed by atoms with van der Waals surface area (Å²) in [7, 11) is 0. The molecule has 5 heteroatoms. The van der Waals surface area contributed by atoms with Crippen molar-refractivity contribution in [3.63, 3.8) is 0 Å². The predicted molar refractivity (Wildman–Crippen MR) is 65.7 cm³/mol. The van der Waals surface area contributed by atoms with Gasteiger partial charge in [0.1, 0.15) is 0 Å². The number of thioether (sulfide) groups is 1. The molecule has 2 aromatic rings. The topological polar surface area (TPSA) is 59.2 Å². The summed E-state index contributed by atoms with van der Waals surface area (Å²) in [5, 5.41) is 13.1. The number of hydrogen-bond donors (Lipinski definition) is 1. The fourth-order valence-corrected chi connectivity index (χ4v) is 2.12. The minimum Gasteiger partial charge on any atom is -0.389 e. The molecule has 0 radical (unpaired) electrons. The number of aryl methyl sites for hydroxylation is 1. The standard InChI is InChI=1S/C12H14N2O2S/c1-8(15)10-3-5-11(6-4-10)17-7-12-13-9(2)14-16-12/h3-6,8,15H,7H2,1-2H3. The molecule has 0 bridgehead atoms. The highest BCUT2D eigenvalue weighted by molar-refractivity contribution is 7.98. The molecule has 90 valence electrons. The Bertz CT molecular complexity index is 480. The molecule has 0 saturated heterocycles. The van der Waals surface area contributed by atoms with Crippen LogP contribution >= 0.6 is 11.8 Å². The molecule has 0 spiro atoms. The van der Waals surface area contributed by atoms with E-state index in [9.17, 15) is 5.11 Å². The first kappa shape index (κ1) is 12.1. The molecule has 0 amide bonds. The number of aliphatic hydroxyl groups is 1. The molecule has 17 heavy (non-hydrogen) atoms. The number of aliphatic hydroxyl groups excluding tert-OH is 1. The third-order valence-corrected chi connectivity index (χ3v) is 3.29. The van der Waals surface area contributed by atoms with E-state index in [2.05, 4.69) is 10.1 Å². The average Bonchev–Trinajstić information content (AvgIpc) is 2.73. The van der Waals surface area contributed by atoms with Gasteiger partial charge in [-0.15, -0.1) is 11.8 Å². The third-order valence-electron chi connectivity index (χ3n) is 2.29. The van der Waals surface area contributed by atoms with E-state index in [-0.39, 0.29) is 0 Å². The molecule has 1 atom stereocenters. The zero-order valence-corrected chi connectivity index (χ0v) is 10.6. The van der Waals surface area contributed by atoms with Crippen LogP contribution < -0.4 is 0 Å². The number of nitrogens with zero attached hydrogens (tertiary/aromatic N) is 2. The second kappa shape index (κ2) is 5.33. The van der Waals surface area contributed by atoms with E-state index in [0.717, 1.165) is 10.5 Å². The van der Waals surface area contributed by atoms with Gasteiger partial charge in [-0.1, -0.05) is 17.3 Å². The van der Waals surface area contributed by atoms with Crippen molar-refractivity contribution < 1.29 is 9.63 Å². The van der Waals surface area contributed by atoms with Gasteiger partial charge in [-0.2, -0.15) is 4.98 Å². The molecule has 2 rings (SSSR count). The highest BCUT2D eigenvalue weighted by Crippen LogP contribution is 2.23. The summed E-state index contributed by atoms with van der Waals surface area (Å²) < 4.78 is 5.03. The quantitative estimate of drug-likeness (QED) is 0.845. The van der Waals surface area contributed by atoms with Crippen LogP contribution in [0.15, 0.2) is 33.7 Å². The Morgan fingerprint density at radius 1 is 1.35 bits per heavy atom. The molecule has 1 aromatic carbocycles. The molecule has 0 fully saturated rings. The molecule has 0 aliphatic carbocycles. The number of benzene rings is 1. The van der Waals surface area contributed by atoms with Crippen LogP contribution in [0.5, 0.6) is 0 Å². The Morgan fingerprint density at radius 2 is 2.06 bits per heavy atom. The second-order valence-corrected chi connectivity index (χ2v) is 4.82. The van der Waals surface area contributed by atoms with Crippen LogP contribution in [0, 0.1) is 6.92 Å². The second-order valence-electron chi connectivity index (χ2n) is 3.77. The van der Waals surface area contributed by atoms with Crippen molar-refractivity contribution in [3.05, 3.63) is 41.5 Å². The van der Waals surface area contributed by atoms with Gasteiger partial charge in [-0.3, -0.25) is 0 Å². The first-order chi connectivity index (χ1) is 8.15. The van der Waals surface area contributed by atoms with Gasteiger partial charge in [0.15, 0.2) is 5.82 Å². The number of hydrogen-bond acceptors (Lipinski definition) is 5. The lowest BCUT2D eigenvalue weighted by atomic mass is 10.1. The fourth-order valence-electron chi connectivity index (χ4n) is 1.39. The molecule has 1 aromatic heterocycles. The Hall–Kier alpha value is -1.33. The summed E-state index contributed by atoms with van der Waals surface area (Å²) in [5.41, 5.74) is 0.919. The summed E-state index contributed by atoms with van der Waals surface area (Å²) >= 11 is 1.63. The maximum absolute atomic E-state index is 9.39. The molecular formula is C12H14N2O2S. The summed E-state index contributed by atoms with van der Waals surface area (Å²) in [4.78, 5) is 5.25. The number of rotatable bonds is 4. The summed E-state index contributed by atoms with van der Waals surface area (Å²) in [6.07, 6.45) is -0.423. The van der Waals surface area contributed by atoms with Gasteiger partial charge >= 0.3 is 0 Å². The largest absolute Gasteiger partial charge is 0.389 e. The maximum Gasteiger partial charge on any atom is 0.236 e. The van der Waals surface area contributed by atoms with Crippen molar-refractivity contribution >= 4 is 11.8 Å². The van der Waals surface area contributed by atoms with E-state index in [0.29, 0.717) is 17.5 Å². The van der Waals surface area contributed by atoms with Gasteiger partial charge in [0.2, 0.25) is 5.89 Å². The fraction of sp³-hybridized carbons (Fsp3) is 0.333. The summed E-state index contributed by atoms with van der Waals surface area (Å²) in [6, 6.07) is 7.81. The minimum absolute atomic E-state index is 0.423. The van der Waals surface area contributed by atoms with Crippen LogP contribution in [-0.4, -0.2) is 15.2 Å². The van der Waals surface area contributed by atoms with Crippen molar-refractivity contribution in [2.24, 2.45) is 0 Å². The Morgan fingerprint density at radius 3 is 2.59 bits per heavy atom. The monoisotopic (exact) mass is 250 g/mol. The highest BCUT2D eigenvalue weighted by atomic mass is 32.2. The van der Waals surface area contributed by atoms with Gasteiger partial charge in [0.25, 0.3) is 0 Å². The molecule has 4 nitrogen and oxygen atoms in total. The van der Waals surface area contributed by atoms with Crippen LogP contribution in [0.25, 0.3) is 0 Å². The van der Waals surface area contributed by atoms with Gasteiger partial charge in [-0.25, -0.2) is 0 Å². The molecule has 0 saturated carbocycles.